The third-order valence-corrected chi connectivity index (χ3v) is 3.53. The van der Waals surface area contributed by atoms with Gasteiger partial charge in [0.2, 0.25) is 0 Å². The smallest absolute Gasteiger partial charge is 0.296 e. The highest BCUT2D eigenvalue weighted by atomic mass is 32.2. The second-order valence-electron chi connectivity index (χ2n) is 3.42. The monoisotopic (exact) mass is 243 g/mol. The van der Waals surface area contributed by atoms with E-state index in [4.69, 9.17) is 9.92 Å². The highest BCUT2D eigenvalue weighted by molar-refractivity contribution is 7.86. The molecule has 0 bridgehead atoms. The molecular formula is C11H17NO3S. The molecule has 5 heteroatoms. The second-order valence-corrected chi connectivity index (χ2v) is 5.03. The van der Waals surface area contributed by atoms with Gasteiger partial charge in [-0.15, -0.1) is 0 Å². The molecule has 2 N–H and O–H groups in total. The first-order valence-electron chi connectivity index (χ1n) is 5.28. The number of benzene rings is 1. The molecule has 0 unspecified atom stereocenters. The molecule has 0 fully saturated rings. The van der Waals surface area contributed by atoms with Crippen LogP contribution in [0.15, 0.2) is 29.2 Å². The molecular weight excluding hydrogens is 226 g/mol. The molecule has 0 aliphatic carbocycles. The van der Waals surface area contributed by atoms with Gasteiger partial charge in [-0.1, -0.05) is 19.1 Å². The van der Waals surface area contributed by atoms with E-state index in [-0.39, 0.29) is 11.5 Å². The third-order valence-electron chi connectivity index (χ3n) is 2.21. The maximum absolute atomic E-state index is 11.6. The van der Waals surface area contributed by atoms with Crippen molar-refractivity contribution in [2.24, 2.45) is 5.73 Å². The van der Waals surface area contributed by atoms with E-state index >= 15 is 0 Å². The van der Waals surface area contributed by atoms with E-state index in [1.807, 2.05) is 6.92 Å². The summed E-state index contributed by atoms with van der Waals surface area (Å²) in [6.07, 6.45) is 1.42. The van der Waals surface area contributed by atoms with E-state index in [2.05, 4.69) is 0 Å². The number of hydrogen-bond donors (Lipinski definition) is 1. The average molecular weight is 243 g/mol. The molecule has 0 saturated carbocycles. The van der Waals surface area contributed by atoms with Crippen LogP contribution in [0.3, 0.4) is 0 Å². The Morgan fingerprint density at radius 1 is 1.25 bits per heavy atom. The van der Waals surface area contributed by atoms with Crippen molar-refractivity contribution in [2.75, 3.05) is 13.2 Å². The minimum absolute atomic E-state index is 0.133. The minimum atomic E-state index is -3.61. The van der Waals surface area contributed by atoms with Crippen LogP contribution in [0.5, 0.6) is 0 Å². The van der Waals surface area contributed by atoms with Gasteiger partial charge in [-0.05, 0) is 37.1 Å². The van der Waals surface area contributed by atoms with Gasteiger partial charge in [0.25, 0.3) is 10.1 Å². The summed E-state index contributed by atoms with van der Waals surface area (Å²) in [6.45, 7) is 2.57. The topological polar surface area (TPSA) is 69.4 Å². The zero-order valence-corrected chi connectivity index (χ0v) is 10.2. The predicted octanol–water partition coefficient (Wildman–Crippen LogP) is 1.30. The Labute approximate surface area is 96.5 Å². The summed E-state index contributed by atoms with van der Waals surface area (Å²) >= 11 is 0. The molecule has 1 rings (SSSR count). The quantitative estimate of drug-likeness (QED) is 0.604. The number of aryl methyl sites for hydroxylation is 1. The van der Waals surface area contributed by atoms with Gasteiger partial charge in [-0.2, -0.15) is 8.42 Å². The van der Waals surface area contributed by atoms with Gasteiger partial charge in [0, 0.05) is 0 Å². The Balaban J connectivity index is 2.74. The van der Waals surface area contributed by atoms with Gasteiger partial charge in [0.1, 0.15) is 0 Å². The maximum Gasteiger partial charge on any atom is 0.296 e. The predicted molar refractivity (Wildman–Crippen MR) is 62.6 cm³/mol. The third kappa shape index (κ3) is 3.59. The van der Waals surface area contributed by atoms with Gasteiger partial charge >= 0.3 is 0 Å². The standard InChI is InChI=1S/C11H17NO3S/c1-2-10-4-6-11(7-5-10)16(13,14)15-9-3-8-12/h4-7H,2-3,8-9,12H2,1H3. The lowest BCUT2D eigenvalue weighted by Gasteiger charge is -2.05. The molecule has 0 spiro atoms. The van der Waals surface area contributed by atoms with Gasteiger partial charge in [0.05, 0.1) is 11.5 Å². The molecule has 0 aromatic heterocycles. The lowest BCUT2D eigenvalue weighted by molar-refractivity contribution is 0.314. The summed E-state index contributed by atoms with van der Waals surface area (Å²) in [4.78, 5) is 0.196. The van der Waals surface area contributed by atoms with Crippen molar-refractivity contribution in [1.29, 1.82) is 0 Å². The SMILES string of the molecule is CCc1ccc(S(=O)(=O)OCCCN)cc1. The second kappa shape index (κ2) is 5.98. The molecule has 16 heavy (non-hydrogen) atoms. The minimum Gasteiger partial charge on any atom is -0.330 e. The molecule has 90 valence electrons. The van der Waals surface area contributed by atoms with E-state index in [9.17, 15) is 8.42 Å². The average Bonchev–Trinajstić information content (AvgIpc) is 2.29. The number of nitrogens with two attached hydrogens (primary N) is 1. The Bertz CT molecular complexity index is 411. The molecule has 0 atom stereocenters. The summed E-state index contributed by atoms with van der Waals surface area (Å²) in [6, 6.07) is 6.71. The molecule has 0 aliphatic rings. The van der Waals surface area contributed by atoms with Crippen molar-refractivity contribution in [3.05, 3.63) is 29.8 Å². The van der Waals surface area contributed by atoms with Crippen LogP contribution < -0.4 is 5.73 Å². The Morgan fingerprint density at radius 2 is 1.88 bits per heavy atom. The van der Waals surface area contributed by atoms with Crippen molar-refractivity contribution in [2.45, 2.75) is 24.7 Å². The van der Waals surface area contributed by atoms with Gasteiger partial charge < -0.3 is 5.73 Å². The highest BCUT2D eigenvalue weighted by Gasteiger charge is 2.14. The van der Waals surface area contributed by atoms with Crippen molar-refractivity contribution in [1.82, 2.24) is 0 Å². The molecule has 4 nitrogen and oxygen atoms in total. The molecule has 0 saturated heterocycles. The number of hydrogen-bond acceptors (Lipinski definition) is 4. The summed E-state index contributed by atoms with van der Waals surface area (Å²) in [5.41, 5.74) is 6.36. The van der Waals surface area contributed by atoms with Crippen LogP contribution in [0.25, 0.3) is 0 Å². The lowest BCUT2D eigenvalue weighted by Crippen LogP contribution is -2.10. The van der Waals surface area contributed by atoms with Crippen LogP contribution in [0.2, 0.25) is 0 Å². The van der Waals surface area contributed by atoms with Crippen LogP contribution >= 0.6 is 0 Å². The summed E-state index contributed by atoms with van der Waals surface area (Å²) in [5.74, 6) is 0. The van der Waals surface area contributed by atoms with Crippen LogP contribution in [-0.2, 0) is 20.7 Å². The summed E-state index contributed by atoms with van der Waals surface area (Å²) in [7, 11) is -3.61. The Kier molecular flexibility index (Phi) is 4.92. The van der Waals surface area contributed by atoms with Crippen LogP contribution in [0.1, 0.15) is 18.9 Å². The molecule has 0 radical (unpaired) electrons. The van der Waals surface area contributed by atoms with E-state index < -0.39 is 10.1 Å². The highest BCUT2D eigenvalue weighted by Crippen LogP contribution is 2.13. The Hall–Kier alpha value is -0.910. The lowest BCUT2D eigenvalue weighted by atomic mass is 10.2. The largest absolute Gasteiger partial charge is 0.330 e. The molecule has 0 aliphatic heterocycles. The normalized spacial score (nSPS) is 11.6. The van der Waals surface area contributed by atoms with Crippen molar-refractivity contribution >= 4 is 10.1 Å². The molecule has 0 heterocycles. The molecule has 1 aromatic carbocycles. The van der Waals surface area contributed by atoms with Crippen LogP contribution in [-0.4, -0.2) is 21.6 Å². The molecule has 0 amide bonds. The van der Waals surface area contributed by atoms with Crippen molar-refractivity contribution in [3.63, 3.8) is 0 Å². The molecule has 1 aromatic rings. The fourth-order valence-electron chi connectivity index (χ4n) is 1.21. The first-order chi connectivity index (χ1) is 7.60. The zero-order chi connectivity index (χ0) is 12.0. The van der Waals surface area contributed by atoms with E-state index in [0.29, 0.717) is 13.0 Å². The van der Waals surface area contributed by atoms with Gasteiger partial charge in [-0.3, -0.25) is 4.18 Å². The summed E-state index contributed by atoms with van der Waals surface area (Å²) in [5, 5.41) is 0. The fourth-order valence-corrected chi connectivity index (χ4v) is 2.15. The van der Waals surface area contributed by atoms with Crippen LogP contribution in [0.4, 0.5) is 0 Å². The van der Waals surface area contributed by atoms with Gasteiger partial charge in [0.15, 0.2) is 0 Å². The first-order valence-corrected chi connectivity index (χ1v) is 6.69. The zero-order valence-electron chi connectivity index (χ0n) is 9.35. The maximum atomic E-state index is 11.6. The van der Waals surface area contributed by atoms with Crippen molar-refractivity contribution < 1.29 is 12.6 Å². The van der Waals surface area contributed by atoms with Crippen molar-refractivity contribution in [3.8, 4) is 0 Å². The van der Waals surface area contributed by atoms with E-state index in [0.717, 1.165) is 12.0 Å². The summed E-state index contributed by atoms with van der Waals surface area (Å²) < 4.78 is 28.1. The number of rotatable bonds is 6. The Morgan fingerprint density at radius 3 is 2.38 bits per heavy atom. The van der Waals surface area contributed by atoms with Gasteiger partial charge in [-0.25, -0.2) is 0 Å². The van der Waals surface area contributed by atoms with E-state index in [1.165, 1.54) is 0 Å². The first kappa shape index (κ1) is 13.2. The van der Waals surface area contributed by atoms with Crippen LogP contribution in [0, 0.1) is 0 Å². The van der Waals surface area contributed by atoms with E-state index in [1.54, 1.807) is 24.3 Å². The fraction of sp³-hybridized carbons (Fsp3) is 0.455.